The van der Waals surface area contributed by atoms with E-state index in [2.05, 4.69) is 28.6 Å². The second-order valence-electron chi connectivity index (χ2n) is 7.38. The Morgan fingerprint density at radius 3 is 1.90 bits per heavy atom. The highest BCUT2D eigenvalue weighted by molar-refractivity contribution is 7.98. The third kappa shape index (κ3) is 10.5. The summed E-state index contributed by atoms with van der Waals surface area (Å²) in [5.74, 6) is -2.66. The standard InChI is InChI=1S/C18H34N4O6S2/c1-9(2)7-12(16(25)22-13(8-29)18(27)28)21-15(24)11(5-6-30-4)20-17(26)14(19)10(3)23/h9-14,23,29H,5-8,19H2,1-4H3,(H,20,26)(H,21,24)(H,22,25)(H,27,28). The maximum atomic E-state index is 12.8. The average Bonchev–Trinajstić information content (AvgIpc) is 2.66. The molecule has 7 N–H and O–H groups in total. The highest BCUT2D eigenvalue weighted by atomic mass is 32.2. The second-order valence-corrected chi connectivity index (χ2v) is 8.73. The van der Waals surface area contributed by atoms with E-state index >= 15 is 0 Å². The van der Waals surface area contributed by atoms with Gasteiger partial charge in [0.05, 0.1) is 6.10 Å². The molecule has 174 valence electrons. The van der Waals surface area contributed by atoms with Crippen molar-refractivity contribution in [2.45, 2.75) is 63.9 Å². The summed E-state index contributed by atoms with van der Waals surface area (Å²) in [6.45, 7) is 5.08. The van der Waals surface area contributed by atoms with E-state index in [1.807, 2.05) is 20.1 Å². The first-order valence-electron chi connectivity index (χ1n) is 9.61. The molecule has 0 heterocycles. The number of aliphatic hydroxyl groups excluding tert-OH is 1. The van der Waals surface area contributed by atoms with Gasteiger partial charge in [0, 0.05) is 5.75 Å². The van der Waals surface area contributed by atoms with Crippen molar-refractivity contribution in [3.05, 3.63) is 0 Å². The topological polar surface area (TPSA) is 171 Å². The molecule has 5 unspecified atom stereocenters. The van der Waals surface area contributed by atoms with Crippen molar-refractivity contribution in [3.63, 3.8) is 0 Å². The third-order valence-corrected chi connectivity index (χ3v) is 5.21. The van der Waals surface area contributed by atoms with Gasteiger partial charge in [-0.3, -0.25) is 14.4 Å². The molecular formula is C18H34N4O6S2. The minimum atomic E-state index is -1.23. The summed E-state index contributed by atoms with van der Waals surface area (Å²) < 4.78 is 0. The quantitative estimate of drug-likeness (QED) is 0.159. The molecule has 0 aromatic rings. The summed E-state index contributed by atoms with van der Waals surface area (Å²) in [5, 5.41) is 26.1. The zero-order valence-corrected chi connectivity index (χ0v) is 19.5. The van der Waals surface area contributed by atoms with Crippen LogP contribution >= 0.6 is 24.4 Å². The van der Waals surface area contributed by atoms with Crippen LogP contribution < -0.4 is 21.7 Å². The number of thioether (sulfide) groups is 1. The molecule has 0 aliphatic carbocycles. The van der Waals surface area contributed by atoms with Gasteiger partial charge in [-0.15, -0.1) is 0 Å². The van der Waals surface area contributed by atoms with Crippen molar-refractivity contribution in [2.24, 2.45) is 11.7 Å². The van der Waals surface area contributed by atoms with Gasteiger partial charge < -0.3 is 31.9 Å². The molecule has 0 saturated carbocycles. The third-order valence-electron chi connectivity index (χ3n) is 4.20. The summed E-state index contributed by atoms with van der Waals surface area (Å²) in [6.07, 6.45) is 1.31. The van der Waals surface area contributed by atoms with Crippen molar-refractivity contribution in [1.82, 2.24) is 16.0 Å². The molecular weight excluding hydrogens is 432 g/mol. The van der Waals surface area contributed by atoms with Crippen LogP contribution in [0.2, 0.25) is 0 Å². The molecule has 0 radical (unpaired) electrons. The minimum Gasteiger partial charge on any atom is -0.480 e. The maximum absolute atomic E-state index is 12.8. The summed E-state index contributed by atoms with van der Waals surface area (Å²) in [7, 11) is 0. The second kappa shape index (κ2) is 14.5. The highest BCUT2D eigenvalue weighted by Crippen LogP contribution is 2.08. The highest BCUT2D eigenvalue weighted by Gasteiger charge is 2.30. The molecule has 0 fully saturated rings. The van der Waals surface area contributed by atoms with Crippen molar-refractivity contribution in [2.75, 3.05) is 17.8 Å². The van der Waals surface area contributed by atoms with Crippen LogP contribution in [0.25, 0.3) is 0 Å². The van der Waals surface area contributed by atoms with Gasteiger partial charge in [0.2, 0.25) is 17.7 Å². The van der Waals surface area contributed by atoms with Crippen LogP contribution in [-0.4, -0.2) is 81.9 Å². The van der Waals surface area contributed by atoms with Crippen LogP contribution in [0.5, 0.6) is 0 Å². The number of hydrogen-bond donors (Lipinski definition) is 7. The molecule has 0 rings (SSSR count). The van der Waals surface area contributed by atoms with Crippen LogP contribution in [0.4, 0.5) is 0 Å². The van der Waals surface area contributed by atoms with Crippen molar-refractivity contribution in [1.29, 1.82) is 0 Å². The SMILES string of the molecule is CSCCC(NC(=O)C(N)C(C)O)C(=O)NC(CC(C)C)C(=O)NC(CS)C(=O)O. The summed E-state index contributed by atoms with van der Waals surface area (Å²) in [6, 6.07) is -4.34. The maximum Gasteiger partial charge on any atom is 0.327 e. The Labute approximate surface area is 186 Å². The van der Waals surface area contributed by atoms with Crippen LogP contribution in [0.1, 0.15) is 33.6 Å². The number of carboxylic acids is 1. The van der Waals surface area contributed by atoms with Gasteiger partial charge >= 0.3 is 5.97 Å². The number of rotatable bonds is 14. The van der Waals surface area contributed by atoms with E-state index < -0.39 is 54.0 Å². The van der Waals surface area contributed by atoms with E-state index in [-0.39, 0.29) is 24.5 Å². The predicted octanol–water partition coefficient (Wildman–Crippen LogP) is -1.04. The molecule has 12 heteroatoms. The lowest BCUT2D eigenvalue weighted by Crippen LogP contribution is -2.58. The number of carbonyl (C=O) groups is 4. The lowest BCUT2D eigenvalue weighted by Gasteiger charge is -2.26. The Kier molecular flexibility index (Phi) is 13.8. The Morgan fingerprint density at radius 2 is 1.47 bits per heavy atom. The van der Waals surface area contributed by atoms with Gasteiger partial charge in [-0.2, -0.15) is 24.4 Å². The number of nitrogens with two attached hydrogens (primary N) is 1. The fraction of sp³-hybridized carbons (Fsp3) is 0.778. The zero-order valence-electron chi connectivity index (χ0n) is 17.8. The van der Waals surface area contributed by atoms with Crippen molar-refractivity contribution >= 4 is 48.1 Å². The van der Waals surface area contributed by atoms with Gasteiger partial charge in [0.25, 0.3) is 0 Å². The largest absolute Gasteiger partial charge is 0.480 e. The molecule has 0 spiro atoms. The number of nitrogens with one attached hydrogen (secondary N) is 3. The molecule has 30 heavy (non-hydrogen) atoms. The number of hydrogen-bond acceptors (Lipinski definition) is 8. The smallest absolute Gasteiger partial charge is 0.327 e. The van der Waals surface area contributed by atoms with E-state index in [0.29, 0.717) is 5.75 Å². The predicted molar refractivity (Wildman–Crippen MR) is 119 cm³/mol. The first-order valence-corrected chi connectivity index (χ1v) is 11.6. The van der Waals surface area contributed by atoms with E-state index in [4.69, 9.17) is 10.8 Å². The number of aliphatic carboxylic acids is 1. The van der Waals surface area contributed by atoms with Gasteiger partial charge in [-0.1, -0.05) is 13.8 Å². The lowest BCUT2D eigenvalue weighted by molar-refractivity contribution is -0.141. The van der Waals surface area contributed by atoms with E-state index in [9.17, 15) is 24.3 Å². The van der Waals surface area contributed by atoms with Gasteiger partial charge in [-0.05, 0) is 37.7 Å². The number of carbonyl (C=O) groups excluding carboxylic acids is 3. The summed E-state index contributed by atoms with van der Waals surface area (Å²) in [4.78, 5) is 48.7. The number of amides is 3. The van der Waals surface area contributed by atoms with Gasteiger partial charge in [0.15, 0.2) is 0 Å². The van der Waals surface area contributed by atoms with Gasteiger partial charge in [0.1, 0.15) is 24.2 Å². The molecule has 0 aromatic carbocycles. The zero-order chi connectivity index (χ0) is 23.4. The summed E-state index contributed by atoms with van der Waals surface area (Å²) in [5.41, 5.74) is 5.63. The molecule has 0 aromatic heterocycles. The Bertz CT molecular complexity index is 591. The molecule has 10 nitrogen and oxygen atoms in total. The van der Waals surface area contributed by atoms with E-state index in [1.54, 1.807) is 0 Å². The minimum absolute atomic E-state index is 0.0308. The fourth-order valence-electron chi connectivity index (χ4n) is 2.42. The van der Waals surface area contributed by atoms with E-state index in [1.165, 1.54) is 18.7 Å². The number of thiol groups is 1. The van der Waals surface area contributed by atoms with Crippen LogP contribution in [-0.2, 0) is 19.2 Å². The van der Waals surface area contributed by atoms with Crippen molar-refractivity contribution < 1.29 is 29.4 Å². The number of aliphatic hydroxyl groups is 1. The average molecular weight is 467 g/mol. The van der Waals surface area contributed by atoms with Crippen molar-refractivity contribution in [3.8, 4) is 0 Å². The van der Waals surface area contributed by atoms with Gasteiger partial charge in [-0.25, -0.2) is 4.79 Å². The Morgan fingerprint density at radius 1 is 0.967 bits per heavy atom. The monoisotopic (exact) mass is 466 g/mol. The Balaban J connectivity index is 5.37. The molecule has 0 aliphatic rings. The number of carboxylic acid groups (broad SMARTS) is 1. The van der Waals surface area contributed by atoms with E-state index in [0.717, 1.165) is 0 Å². The molecule has 5 atom stereocenters. The van der Waals surface area contributed by atoms with Crippen LogP contribution in [0.15, 0.2) is 0 Å². The van der Waals surface area contributed by atoms with Crippen LogP contribution in [0.3, 0.4) is 0 Å². The summed E-state index contributed by atoms with van der Waals surface area (Å²) >= 11 is 5.39. The normalized spacial score (nSPS) is 16.1. The Hall–Kier alpha value is -1.50. The lowest BCUT2D eigenvalue weighted by atomic mass is 10.0. The molecule has 0 bridgehead atoms. The molecule has 0 saturated heterocycles. The molecule has 0 aliphatic heterocycles. The fourth-order valence-corrected chi connectivity index (χ4v) is 3.14. The first kappa shape index (κ1) is 28.5. The molecule has 3 amide bonds. The van der Waals surface area contributed by atoms with Crippen LogP contribution in [0, 0.1) is 5.92 Å². The first-order chi connectivity index (χ1) is 13.9.